The van der Waals surface area contributed by atoms with Crippen molar-refractivity contribution in [3.8, 4) is 17.2 Å². The Morgan fingerprint density at radius 2 is 1.79 bits per heavy atom. The summed E-state index contributed by atoms with van der Waals surface area (Å²) in [5.41, 5.74) is 1.81. The summed E-state index contributed by atoms with van der Waals surface area (Å²) >= 11 is 0. The summed E-state index contributed by atoms with van der Waals surface area (Å²) in [6.45, 7) is 1.34. The highest BCUT2D eigenvalue weighted by Gasteiger charge is 2.18. The molecule has 2 aromatic carbocycles. The molecule has 5 heteroatoms. The molecule has 1 aliphatic carbocycles. The minimum Gasteiger partial charge on any atom is -0.490 e. The first-order valence-electron chi connectivity index (χ1n) is 10.2. The number of anilines is 1. The van der Waals surface area contributed by atoms with Crippen LogP contribution in [0.4, 0.5) is 5.69 Å². The Balaban J connectivity index is 1.34. The van der Waals surface area contributed by atoms with Gasteiger partial charge >= 0.3 is 0 Å². The average Bonchev–Trinajstić information content (AvgIpc) is 3.11. The molecule has 0 spiro atoms. The van der Waals surface area contributed by atoms with Crippen molar-refractivity contribution in [2.24, 2.45) is 0 Å². The highest BCUT2D eigenvalue weighted by Crippen LogP contribution is 2.32. The molecule has 1 saturated carbocycles. The highest BCUT2D eigenvalue weighted by atomic mass is 16.5. The van der Waals surface area contributed by atoms with E-state index in [2.05, 4.69) is 5.32 Å². The van der Waals surface area contributed by atoms with Crippen LogP contribution >= 0.6 is 0 Å². The molecule has 0 unspecified atom stereocenters. The third-order valence-corrected chi connectivity index (χ3v) is 5.21. The van der Waals surface area contributed by atoms with Crippen LogP contribution in [0.5, 0.6) is 17.2 Å². The van der Waals surface area contributed by atoms with Crippen LogP contribution in [0.15, 0.2) is 42.5 Å². The molecule has 1 heterocycles. The minimum absolute atomic E-state index is 0.0189. The van der Waals surface area contributed by atoms with Crippen molar-refractivity contribution >= 4 is 11.6 Å². The average molecular weight is 381 g/mol. The monoisotopic (exact) mass is 381 g/mol. The van der Waals surface area contributed by atoms with E-state index in [1.165, 1.54) is 12.8 Å². The van der Waals surface area contributed by atoms with Crippen molar-refractivity contribution in [2.45, 2.75) is 51.0 Å². The SMILES string of the molecule is O=C(CCc1ccc2c(c1)OCCCO2)Nc1ccccc1OC1CCCC1. The van der Waals surface area contributed by atoms with Gasteiger partial charge in [-0.2, -0.15) is 0 Å². The number of nitrogens with one attached hydrogen (secondary N) is 1. The molecule has 4 rings (SSSR count). The number of amides is 1. The molecule has 28 heavy (non-hydrogen) atoms. The van der Waals surface area contributed by atoms with Crippen molar-refractivity contribution in [2.75, 3.05) is 18.5 Å². The number of ether oxygens (including phenoxy) is 3. The molecule has 0 bridgehead atoms. The molecular weight excluding hydrogens is 354 g/mol. The van der Waals surface area contributed by atoms with E-state index >= 15 is 0 Å². The molecule has 1 aliphatic heterocycles. The molecule has 148 valence electrons. The van der Waals surface area contributed by atoms with Gasteiger partial charge < -0.3 is 19.5 Å². The maximum atomic E-state index is 12.5. The van der Waals surface area contributed by atoms with Crippen LogP contribution in [0.25, 0.3) is 0 Å². The lowest BCUT2D eigenvalue weighted by atomic mass is 10.1. The quantitative estimate of drug-likeness (QED) is 0.785. The Morgan fingerprint density at radius 1 is 1.00 bits per heavy atom. The number of para-hydroxylation sites is 2. The van der Waals surface area contributed by atoms with Gasteiger partial charge in [0.15, 0.2) is 11.5 Å². The Morgan fingerprint density at radius 3 is 2.64 bits per heavy atom. The number of fused-ring (bicyclic) bond motifs is 1. The minimum atomic E-state index is -0.0189. The van der Waals surface area contributed by atoms with Gasteiger partial charge in [0, 0.05) is 12.8 Å². The van der Waals surface area contributed by atoms with Crippen LogP contribution in [0, 0.1) is 0 Å². The van der Waals surface area contributed by atoms with Crippen LogP contribution in [0.2, 0.25) is 0 Å². The zero-order chi connectivity index (χ0) is 19.2. The topological polar surface area (TPSA) is 56.8 Å². The fraction of sp³-hybridized carbons (Fsp3) is 0.435. The highest BCUT2D eigenvalue weighted by molar-refractivity contribution is 5.92. The summed E-state index contributed by atoms with van der Waals surface area (Å²) in [5.74, 6) is 2.29. The van der Waals surface area contributed by atoms with Crippen molar-refractivity contribution in [3.05, 3.63) is 48.0 Å². The molecular formula is C23H27NO4. The van der Waals surface area contributed by atoms with E-state index < -0.39 is 0 Å². The third-order valence-electron chi connectivity index (χ3n) is 5.21. The van der Waals surface area contributed by atoms with Crippen molar-refractivity contribution in [1.29, 1.82) is 0 Å². The second-order valence-corrected chi connectivity index (χ2v) is 7.40. The number of carbonyl (C=O) groups excluding carboxylic acids is 1. The molecule has 0 saturated heterocycles. The lowest BCUT2D eigenvalue weighted by Gasteiger charge is -2.17. The number of hydrogen-bond acceptors (Lipinski definition) is 4. The van der Waals surface area contributed by atoms with Crippen LogP contribution in [-0.4, -0.2) is 25.2 Å². The van der Waals surface area contributed by atoms with Gasteiger partial charge in [-0.25, -0.2) is 0 Å². The van der Waals surface area contributed by atoms with E-state index in [1.807, 2.05) is 42.5 Å². The van der Waals surface area contributed by atoms with Gasteiger partial charge in [0.25, 0.3) is 0 Å². The van der Waals surface area contributed by atoms with Crippen LogP contribution in [-0.2, 0) is 11.2 Å². The third kappa shape index (κ3) is 4.77. The molecule has 5 nitrogen and oxygen atoms in total. The molecule has 0 radical (unpaired) electrons. The van der Waals surface area contributed by atoms with Gasteiger partial charge in [-0.1, -0.05) is 18.2 Å². The van der Waals surface area contributed by atoms with Crippen molar-refractivity contribution in [3.63, 3.8) is 0 Å². The van der Waals surface area contributed by atoms with E-state index in [-0.39, 0.29) is 12.0 Å². The predicted octanol–water partition coefficient (Wildman–Crippen LogP) is 4.74. The number of rotatable bonds is 6. The first kappa shape index (κ1) is 18.7. The number of hydrogen-bond donors (Lipinski definition) is 1. The first-order valence-corrected chi connectivity index (χ1v) is 10.2. The summed E-state index contributed by atoms with van der Waals surface area (Å²) < 4.78 is 17.5. The van der Waals surface area contributed by atoms with E-state index in [9.17, 15) is 4.79 Å². The molecule has 1 fully saturated rings. The van der Waals surface area contributed by atoms with Crippen LogP contribution in [0.1, 0.15) is 44.1 Å². The maximum absolute atomic E-state index is 12.5. The van der Waals surface area contributed by atoms with Gasteiger partial charge in [-0.3, -0.25) is 4.79 Å². The predicted molar refractivity (Wildman–Crippen MR) is 108 cm³/mol. The van der Waals surface area contributed by atoms with Crippen LogP contribution in [0.3, 0.4) is 0 Å². The normalized spacial score (nSPS) is 16.4. The summed E-state index contributed by atoms with van der Waals surface area (Å²) in [4.78, 5) is 12.5. The number of benzene rings is 2. The molecule has 0 atom stereocenters. The summed E-state index contributed by atoms with van der Waals surface area (Å²) in [6.07, 6.45) is 6.81. The molecule has 2 aromatic rings. The standard InChI is InChI=1S/C23H27NO4/c25-23(13-11-17-10-12-21-22(16-17)27-15-5-14-26-21)24-19-8-3-4-9-20(19)28-18-6-1-2-7-18/h3-4,8-10,12,16,18H,1-2,5-7,11,13-15H2,(H,24,25). The molecule has 1 amide bonds. The van der Waals surface area contributed by atoms with Gasteiger partial charge in [-0.15, -0.1) is 0 Å². The number of aryl methyl sites for hydroxylation is 1. The van der Waals surface area contributed by atoms with Gasteiger partial charge in [-0.05, 0) is 61.9 Å². The maximum Gasteiger partial charge on any atom is 0.224 e. The van der Waals surface area contributed by atoms with Gasteiger partial charge in [0.1, 0.15) is 5.75 Å². The smallest absolute Gasteiger partial charge is 0.224 e. The Bertz CT molecular complexity index is 814. The molecule has 0 aromatic heterocycles. The van der Waals surface area contributed by atoms with E-state index in [0.29, 0.717) is 26.1 Å². The fourth-order valence-corrected chi connectivity index (χ4v) is 3.69. The summed E-state index contributed by atoms with van der Waals surface area (Å²) in [7, 11) is 0. The van der Waals surface area contributed by atoms with E-state index in [4.69, 9.17) is 14.2 Å². The van der Waals surface area contributed by atoms with Crippen molar-refractivity contribution < 1.29 is 19.0 Å². The first-order chi connectivity index (χ1) is 13.8. The largest absolute Gasteiger partial charge is 0.490 e. The Hall–Kier alpha value is -2.69. The van der Waals surface area contributed by atoms with Crippen molar-refractivity contribution in [1.82, 2.24) is 0 Å². The summed E-state index contributed by atoms with van der Waals surface area (Å²) in [5, 5.41) is 3.01. The fourth-order valence-electron chi connectivity index (χ4n) is 3.69. The lowest BCUT2D eigenvalue weighted by Crippen LogP contribution is -2.16. The zero-order valence-corrected chi connectivity index (χ0v) is 16.1. The summed E-state index contributed by atoms with van der Waals surface area (Å²) in [6, 6.07) is 13.6. The van der Waals surface area contributed by atoms with E-state index in [0.717, 1.165) is 47.8 Å². The second-order valence-electron chi connectivity index (χ2n) is 7.40. The zero-order valence-electron chi connectivity index (χ0n) is 16.1. The van der Waals surface area contributed by atoms with Crippen LogP contribution < -0.4 is 19.5 Å². The Kier molecular flexibility index (Phi) is 6.00. The molecule has 1 N–H and O–H groups in total. The Labute approximate surface area is 166 Å². The van der Waals surface area contributed by atoms with E-state index in [1.54, 1.807) is 0 Å². The van der Waals surface area contributed by atoms with Gasteiger partial charge in [0.2, 0.25) is 5.91 Å². The number of carbonyl (C=O) groups is 1. The lowest BCUT2D eigenvalue weighted by molar-refractivity contribution is -0.116. The molecule has 2 aliphatic rings. The van der Waals surface area contributed by atoms with Gasteiger partial charge in [0.05, 0.1) is 25.0 Å². The second kappa shape index (κ2) is 9.00.